The second-order valence-corrected chi connectivity index (χ2v) is 4.05. The van der Waals surface area contributed by atoms with Crippen molar-refractivity contribution in [3.63, 3.8) is 0 Å². The predicted molar refractivity (Wildman–Crippen MR) is 65.5 cm³/mol. The van der Waals surface area contributed by atoms with E-state index in [0.717, 1.165) is 0 Å². The highest BCUT2D eigenvalue weighted by Crippen LogP contribution is 1.97. The first kappa shape index (κ1) is 11.7. The molecule has 0 amide bonds. The van der Waals surface area contributed by atoms with E-state index in [4.69, 9.17) is 0 Å². The van der Waals surface area contributed by atoms with Gasteiger partial charge in [0.2, 0.25) is 0 Å². The molecule has 0 bridgehead atoms. The van der Waals surface area contributed by atoms with Crippen molar-refractivity contribution in [2.24, 2.45) is 0 Å². The fourth-order valence-electron chi connectivity index (χ4n) is 0.707. The number of benzene rings is 1. The van der Waals surface area contributed by atoms with Crippen LogP contribution in [0, 0.1) is 0 Å². The maximum absolute atomic E-state index is 3.63. The molecule has 0 saturated heterocycles. The quantitative estimate of drug-likeness (QED) is 0.640. The van der Waals surface area contributed by atoms with E-state index in [1.54, 1.807) is 0 Å². The van der Waals surface area contributed by atoms with Crippen LogP contribution in [0.25, 0.3) is 6.08 Å². The van der Waals surface area contributed by atoms with Crippen molar-refractivity contribution in [2.45, 2.75) is 0 Å². The lowest BCUT2D eigenvalue weighted by Crippen LogP contribution is -1.67. The smallest absolute Gasteiger partial charge is 0.0676 e. The maximum atomic E-state index is 3.63. The van der Waals surface area contributed by atoms with Gasteiger partial charge in [0.15, 0.2) is 0 Å². The Bertz CT molecular complexity index is 243. The van der Waals surface area contributed by atoms with E-state index in [9.17, 15) is 0 Å². The lowest BCUT2D eigenvalue weighted by atomic mass is 10.2. The Balaban J connectivity index is 0.000000252. The zero-order valence-corrected chi connectivity index (χ0v) is 9.36. The Hall–Kier alpha value is -1.34. The van der Waals surface area contributed by atoms with Gasteiger partial charge < -0.3 is 0 Å². The summed E-state index contributed by atoms with van der Waals surface area (Å²) in [6.45, 7) is 10.7. The molecule has 1 heteroatoms. The van der Waals surface area contributed by atoms with E-state index < -0.39 is 0 Å². The highest BCUT2D eigenvalue weighted by Gasteiger charge is 1.75. The molecule has 0 radical (unpaired) electrons. The second kappa shape index (κ2) is 8.75. The van der Waals surface area contributed by atoms with Gasteiger partial charge in [-0.3, -0.25) is 0 Å². The Morgan fingerprint density at radius 1 is 0.923 bits per heavy atom. The van der Waals surface area contributed by atoms with Crippen molar-refractivity contribution in [1.82, 2.24) is 0 Å². The van der Waals surface area contributed by atoms with Gasteiger partial charge in [0.05, 0.1) is 9.52 Å². The summed E-state index contributed by atoms with van der Waals surface area (Å²) in [7, 11) is -0.0401. The molecule has 0 aromatic heterocycles. The molecule has 0 nitrogen and oxygen atoms in total. The number of rotatable bonds is 3. The summed E-state index contributed by atoms with van der Waals surface area (Å²) >= 11 is 0. The van der Waals surface area contributed by atoms with E-state index in [1.165, 1.54) is 5.56 Å². The summed E-state index contributed by atoms with van der Waals surface area (Å²) in [5, 5.41) is 0. The minimum absolute atomic E-state index is 0.0401. The second-order valence-electron chi connectivity index (χ2n) is 2.43. The lowest BCUT2D eigenvalue weighted by molar-refractivity contribution is 1.67. The monoisotopic (exact) mass is 188 g/mol. The average molecular weight is 188 g/mol. The summed E-state index contributed by atoms with van der Waals surface area (Å²) in [5.41, 5.74) is 5.08. The van der Waals surface area contributed by atoms with Gasteiger partial charge in [-0.05, 0) is 5.56 Å². The van der Waals surface area contributed by atoms with Gasteiger partial charge in [-0.15, -0.1) is 24.6 Å². The molecular weight excluding hydrogens is 172 g/mol. The van der Waals surface area contributed by atoms with Crippen LogP contribution in [0.3, 0.4) is 0 Å². The molecule has 1 aromatic rings. The van der Waals surface area contributed by atoms with Crippen molar-refractivity contribution >= 4 is 15.6 Å². The van der Waals surface area contributed by atoms with Crippen molar-refractivity contribution < 1.29 is 0 Å². The first-order chi connectivity index (χ1) is 6.35. The van der Waals surface area contributed by atoms with Gasteiger partial charge in [0.1, 0.15) is 0 Å². The molecule has 0 heterocycles. The van der Waals surface area contributed by atoms with Crippen LogP contribution in [-0.4, -0.2) is 9.52 Å². The lowest BCUT2D eigenvalue weighted by Gasteiger charge is -1.85. The standard InChI is InChI=1S/C8H8.C4H8Si/c1-2-8-6-4-3-5-7-8;1-3-5-4-2/h2-7H,1H2;3-4H,1-2,5H2. The van der Waals surface area contributed by atoms with Gasteiger partial charge >= 0.3 is 0 Å². The van der Waals surface area contributed by atoms with Crippen molar-refractivity contribution in [1.29, 1.82) is 0 Å². The third-order valence-corrected chi connectivity index (χ3v) is 2.04. The largest absolute Gasteiger partial charge is 0.107 e. The van der Waals surface area contributed by atoms with Crippen molar-refractivity contribution in [2.75, 3.05) is 0 Å². The Labute approximate surface area is 83.1 Å². The van der Waals surface area contributed by atoms with Gasteiger partial charge in [0, 0.05) is 0 Å². The van der Waals surface area contributed by atoms with Crippen LogP contribution in [0.15, 0.2) is 61.5 Å². The van der Waals surface area contributed by atoms with E-state index in [0.29, 0.717) is 0 Å². The van der Waals surface area contributed by atoms with Gasteiger partial charge in [-0.2, -0.15) is 0 Å². The van der Waals surface area contributed by atoms with Gasteiger partial charge in [0.25, 0.3) is 0 Å². The van der Waals surface area contributed by atoms with Crippen LogP contribution in [0.1, 0.15) is 5.56 Å². The summed E-state index contributed by atoms with van der Waals surface area (Å²) in [5.74, 6) is 0. The topological polar surface area (TPSA) is 0 Å². The van der Waals surface area contributed by atoms with Gasteiger partial charge in [-0.1, -0.05) is 43.0 Å². The first-order valence-electron chi connectivity index (χ1n) is 4.24. The molecule has 1 aromatic carbocycles. The average Bonchev–Trinajstić information content (AvgIpc) is 2.21. The van der Waals surface area contributed by atoms with E-state index in [-0.39, 0.29) is 9.52 Å². The molecule has 68 valence electrons. The van der Waals surface area contributed by atoms with Crippen LogP contribution in [-0.2, 0) is 0 Å². The number of hydrogen-bond acceptors (Lipinski definition) is 0. The highest BCUT2D eigenvalue weighted by atomic mass is 28.2. The molecule has 0 atom stereocenters. The normalized spacial score (nSPS) is 7.69. The first-order valence-corrected chi connectivity index (χ1v) is 5.87. The molecule has 1 rings (SSSR count). The minimum Gasteiger partial charge on any atom is -0.107 e. The zero-order chi connectivity index (χ0) is 9.94. The SMILES string of the molecule is C=C[SiH2]C=C.C=Cc1ccccc1. The maximum Gasteiger partial charge on any atom is 0.0676 e. The van der Waals surface area contributed by atoms with Crippen LogP contribution in [0.4, 0.5) is 0 Å². The van der Waals surface area contributed by atoms with Crippen LogP contribution in [0.2, 0.25) is 0 Å². The minimum atomic E-state index is -0.0401. The predicted octanol–water partition coefficient (Wildman–Crippen LogP) is 2.77. The molecule has 13 heavy (non-hydrogen) atoms. The van der Waals surface area contributed by atoms with E-state index in [2.05, 4.69) is 19.7 Å². The van der Waals surface area contributed by atoms with E-state index in [1.807, 2.05) is 47.8 Å². The summed E-state index contributed by atoms with van der Waals surface area (Å²) in [4.78, 5) is 0. The summed E-state index contributed by atoms with van der Waals surface area (Å²) in [6.07, 6.45) is 1.83. The summed E-state index contributed by atoms with van der Waals surface area (Å²) in [6, 6.07) is 10.0. The van der Waals surface area contributed by atoms with E-state index >= 15 is 0 Å². The molecule has 0 aliphatic rings. The Morgan fingerprint density at radius 2 is 1.46 bits per heavy atom. The molecule has 0 N–H and O–H groups in total. The molecule has 0 fully saturated rings. The third kappa shape index (κ3) is 7.03. The molecule has 0 aliphatic heterocycles. The highest BCUT2D eigenvalue weighted by molar-refractivity contribution is 6.47. The fourth-order valence-corrected chi connectivity index (χ4v) is 0.943. The van der Waals surface area contributed by atoms with Crippen LogP contribution >= 0.6 is 0 Å². The van der Waals surface area contributed by atoms with Crippen LogP contribution in [0.5, 0.6) is 0 Å². The van der Waals surface area contributed by atoms with Crippen molar-refractivity contribution in [3.8, 4) is 0 Å². The molecular formula is C12H16Si. The van der Waals surface area contributed by atoms with Gasteiger partial charge in [-0.25, -0.2) is 0 Å². The fraction of sp³-hybridized carbons (Fsp3) is 0. The Morgan fingerprint density at radius 3 is 1.69 bits per heavy atom. The number of hydrogen-bond donors (Lipinski definition) is 0. The molecule has 0 spiro atoms. The Kier molecular flexibility index (Phi) is 7.85. The molecule has 0 saturated carbocycles. The van der Waals surface area contributed by atoms with Crippen molar-refractivity contribution in [3.05, 3.63) is 67.0 Å². The zero-order valence-electron chi connectivity index (χ0n) is 7.95. The van der Waals surface area contributed by atoms with Crippen LogP contribution < -0.4 is 0 Å². The summed E-state index contributed by atoms with van der Waals surface area (Å²) < 4.78 is 0. The third-order valence-electron chi connectivity index (χ3n) is 1.37. The molecule has 0 aliphatic carbocycles. The molecule has 0 unspecified atom stereocenters.